The van der Waals surface area contributed by atoms with Gasteiger partial charge in [-0.15, -0.1) is 11.3 Å². The largest absolute Gasteiger partial charge is 0.476 e. The van der Waals surface area contributed by atoms with Crippen LogP contribution in [-0.4, -0.2) is 29.0 Å². The molecule has 1 saturated carbocycles. The molecule has 44 heavy (non-hydrogen) atoms. The van der Waals surface area contributed by atoms with Crippen molar-refractivity contribution >= 4 is 27.3 Å². The molecule has 6 rings (SSSR count). The van der Waals surface area contributed by atoms with Gasteiger partial charge in [0.1, 0.15) is 15.7 Å². The second-order valence-electron chi connectivity index (χ2n) is 10.7. The first-order chi connectivity index (χ1) is 22.2. The van der Waals surface area contributed by atoms with E-state index in [9.17, 15) is 28.0 Å². The molecule has 0 spiro atoms. The first kappa shape index (κ1) is 25.8. The smallest absolute Gasteiger partial charge is 0.355 e. The van der Waals surface area contributed by atoms with E-state index in [-0.39, 0.29) is 16.4 Å². The molecule has 0 amide bonds. The van der Waals surface area contributed by atoms with Crippen LogP contribution in [0.1, 0.15) is 49.1 Å². The summed E-state index contributed by atoms with van der Waals surface area (Å²) in [5.74, 6) is -2.09. The summed E-state index contributed by atoms with van der Waals surface area (Å²) in [5, 5.41) is 24.4. The number of hydrogen-bond donors (Lipinski definition) is 2. The summed E-state index contributed by atoms with van der Waals surface area (Å²) in [7, 11) is -4.28. The second-order valence-corrected chi connectivity index (χ2v) is 13.2. The Kier molecular flexibility index (Phi) is 6.73. The molecule has 3 N–H and O–H groups in total. The number of aryl methyl sites for hydroxylation is 1. The predicted octanol–water partition coefficient (Wildman–Crippen LogP) is 6.61. The van der Waals surface area contributed by atoms with Gasteiger partial charge in [-0.1, -0.05) is 36.4 Å². The van der Waals surface area contributed by atoms with Crippen LogP contribution >= 0.6 is 11.3 Å². The Morgan fingerprint density at radius 2 is 1.89 bits per heavy atom. The first-order valence-corrected chi connectivity index (χ1v) is 16.0. The van der Waals surface area contributed by atoms with Gasteiger partial charge in [-0.25, -0.2) is 27.7 Å². The lowest BCUT2D eigenvalue weighted by Crippen LogP contribution is -2.14. The zero-order valence-electron chi connectivity index (χ0n) is 26.1. The molecule has 0 saturated heterocycles. The quantitative estimate of drug-likeness (QED) is 0.188. The number of carbonyl (C=O) groups is 1. The molecule has 0 bridgehead atoms. The van der Waals surface area contributed by atoms with E-state index in [0.29, 0.717) is 34.7 Å². The Morgan fingerprint density at radius 1 is 1.14 bits per heavy atom. The number of halogens is 1. The molecule has 222 valence electrons. The molecule has 11 heteroatoms. The van der Waals surface area contributed by atoms with Crippen LogP contribution in [0.25, 0.3) is 33.0 Å². The van der Waals surface area contributed by atoms with E-state index < -0.39 is 39.3 Å². The number of hydrogen-bond acceptors (Lipinski definition) is 6. The van der Waals surface area contributed by atoms with E-state index in [1.807, 2.05) is 47.0 Å². The van der Waals surface area contributed by atoms with Crippen molar-refractivity contribution in [1.29, 1.82) is 5.26 Å². The van der Waals surface area contributed by atoms with E-state index in [1.54, 1.807) is 12.1 Å². The monoisotopic (exact) mass is 629 g/mol. The Balaban J connectivity index is 1.56. The number of carboxylic acids is 1. The minimum absolute atomic E-state index is 0.115. The maximum absolute atomic E-state index is 15.0. The van der Waals surface area contributed by atoms with E-state index >= 15 is 0 Å². The van der Waals surface area contributed by atoms with Crippen molar-refractivity contribution in [2.45, 2.75) is 37.6 Å². The number of rotatable bonds is 9. The maximum Gasteiger partial charge on any atom is 0.355 e. The molecule has 0 atom stereocenters. The highest BCUT2D eigenvalue weighted by Crippen LogP contribution is 2.42. The van der Waals surface area contributed by atoms with Crippen LogP contribution in [0.4, 0.5) is 4.39 Å². The number of carboxylic acid groups (broad SMARTS) is 1. The SMILES string of the molecule is [2H]C([2H])([2H])c1sc(-c2cc(-c3cccc(-c4ccc(C#N)cc4)c3)n(Cc3ccc(S(N)(=O)=O)c(F)c3)c2CC2CC2)nc1C(=O)O. The van der Waals surface area contributed by atoms with Crippen LogP contribution in [0.3, 0.4) is 0 Å². The fraction of sp³-hybridized carbons (Fsp3) is 0.182. The first-order valence-electron chi connectivity index (χ1n) is 15.1. The molecule has 2 heterocycles. The molecule has 2 aromatic heterocycles. The summed E-state index contributed by atoms with van der Waals surface area (Å²) in [6, 6.07) is 22.5. The summed E-state index contributed by atoms with van der Waals surface area (Å²) in [4.78, 5) is 15.4. The molecule has 5 aromatic rings. The van der Waals surface area contributed by atoms with Crippen LogP contribution in [0, 0.1) is 29.9 Å². The van der Waals surface area contributed by atoms with Gasteiger partial charge in [0, 0.05) is 32.5 Å². The Bertz CT molecular complexity index is 2180. The summed E-state index contributed by atoms with van der Waals surface area (Å²) in [6.45, 7) is -2.58. The molecule has 0 aliphatic heterocycles. The highest BCUT2D eigenvalue weighted by atomic mass is 32.2. The molecular weight excluding hydrogens is 600 g/mol. The summed E-state index contributed by atoms with van der Waals surface area (Å²) in [5.41, 5.74) is 4.97. The van der Waals surface area contributed by atoms with E-state index in [1.165, 1.54) is 6.07 Å². The van der Waals surface area contributed by atoms with Crippen LogP contribution in [0.2, 0.25) is 0 Å². The number of sulfonamides is 1. The second kappa shape index (κ2) is 11.5. The topological polar surface area (TPSA) is 139 Å². The van der Waals surface area contributed by atoms with Crippen molar-refractivity contribution in [1.82, 2.24) is 9.55 Å². The molecule has 0 unspecified atom stereocenters. The van der Waals surface area contributed by atoms with Gasteiger partial charge in [-0.2, -0.15) is 5.26 Å². The van der Waals surface area contributed by atoms with Crippen LogP contribution in [-0.2, 0) is 23.0 Å². The zero-order valence-corrected chi connectivity index (χ0v) is 24.8. The lowest BCUT2D eigenvalue weighted by molar-refractivity contribution is 0.0690. The Hall–Kier alpha value is -4.63. The summed E-state index contributed by atoms with van der Waals surface area (Å²) in [6.07, 6.45) is 2.53. The van der Waals surface area contributed by atoms with E-state index in [2.05, 4.69) is 11.1 Å². The van der Waals surface area contributed by atoms with Crippen LogP contribution in [0.15, 0.2) is 77.7 Å². The third-order valence-corrected chi connectivity index (χ3v) is 9.44. The average molecular weight is 630 g/mol. The number of nitrogens with zero attached hydrogens (tertiary/aromatic N) is 3. The van der Waals surface area contributed by atoms with Gasteiger partial charge < -0.3 is 9.67 Å². The number of benzene rings is 3. The zero-order chi connectivity index (χ0) is 33.7. The fourth-order valence-electron chi connectivity index (χ4n) is 5.24. The van der Waals surface area contributed by atoms with Gasteiger partial charge in [-0.3, -0.25) is 0 Å². The van der Waals surface area contributed by atoms with Crippen molar-refractivity contribution < 1.29 is 26.8 Å². The molecule has 1 fully saturated rings. The van der Waals surface area contributed by atoms with Gasteiger partial charge in [0.05, 0.1) is 11.6 Å². The van der Waals surface area contributed by atoms with Gasteiger partial charge >= 0.3 is 5.97 Å². The number of thiazole rings is 1. The molecule has 1 aliphatic carbocycles. The summed E-state index contributed by atoms with van der Waals surface area (Å²) < 4.78 is 64.5. The lowest BCUT2D eigenvalue weighted by Gasteiger charge is -2.16. The van der Waals surface area contributed by atoms with Crippen molar-refractivity contribution in [2.24, 2.45) is 11.1 Å². The fourth-order valence-corrected chi connectivity index (χ4v) is 6.68. The third-order valence-electron chi connectivity index (χ3n) is 7.60. The molecular formula is C33H27FN4O4S2. The van der Waals surface area contributed by atoms with Crippen molar-refractivity contribution in [3.63, 3.8) is 0 Å². The molecule has 8 nitrogen and oxygen atoms in total. The van der Waals surface area contributed by atoms with Crippen LogP contribution in [0.5, 0.6) is 0 Å². The van der Waals surface area contributed by atoms with Gasteiger partial charge in [0.25, 0.3) is 0 Å². The Morgan fingerprint density at radius 3 is 2.50 bits per heavy atom. The number of aromatic carboxylic acids is 1. The van der Waals surface area contributed by atoms with Gasteiger partial charge in [0.2, 0.25) is 10.0 Å². The minimum Gasteiger partial charge on any atom is -0.476 e. The highest BCUT2D eigenvalue weighted by molar-refractivity contribution is 7.89. The molecule has 3 aromatic carbocycles. The van der Waals surface area contributed by atoms with Crippen LogP contribution < -0.4 is 5.14 Å². The number of nitrogens with two attached hydrogens (primary N) is 1. The predicted molar refractivity (Wildman–Crippen MR) is 166 cm³/mol. The van der Waals surface area contributed by atoms with Crippen molar-refractivity contribution in [3.8, 4) is 39.0 Å². The standard InChI is InChI=1S/C33H27FN4O4S2/c1-19-31(33(39)40)37-32(43-19)26-16-28(25-4-2-3-24(15-25)23-10-7-21(17-35)8-11-23)38(29(26)14-20-5-6-20)18-22-9-12-30(27(34)13-22)44(36,41)42/h2-4,7-13,15-16,20H,5-6,14,18H2,1H3,(H,39,40)(H2,36,41,42)/i1D3. The van der Waals surface area contributed by atoms with Crippen molar-refractivity contribution in [3.05, 3.63) is 106 Å². The highest BCUT2D eigenvalue weighted by Gasteiger charge is 2.29. The number of nitriles is 1. The number of primary sulfonamides is 1. The van der Waals surface area contributed by atoms with Crippen molar-refractivity contribution in [2.75, 3.05) is 0 Å². The summed E-state index contributed by atoms with van der Waals surface area (Å²) >= 11 is 0.809. The Labute approximate surface area is 262 Å². The van der Waals surface area contributed by atoms with E-state index in [4.69, 9.17) is 9.25 Å². The lowest BCUT2D eigenvalue weighted by atomic mass is 10.0. The minimum atomic E-state index is -4.28. The van der Waals surface area contributed by atoms with E-state index in [0.717, 1.165) is 58.7 Å². The van der Waals surface area contributed by atoms with Gasteiger partial charge in [0.15, 0.2) is 5.69 Å². The molecule has 1 aliphatic rings. The average Bonchev–Trinajstić information content (AvgIpc) is 3.60. The molecule has 0 radical (unpaired) electrons. The number of aromatic nitrogens is 2. The normalized spacial score (nSPS) is 14.4. The maximum atomic E-state index is 15.0. The van der Waals surface area contributed by atoms with Gasteiger partial charge in [-0.05, 0) is 90.7 Å². The third kappa shape index (κ3) is 5.92.